The van der Waals surface area contributed by atoms with Gasteiger partial charge in [0.25, 0.3) is 0 Å². The van der Waals surface area contributed by atoms with E-state index in [4.69, 9.17) is 4.74 Å². The number of rotatable bonds is 7. The van der Waals surface area contributed by atoms with Gasteiger partial charge in [0.15, 0.2) is 0 Å². The lowest BCUT2D eigenvalue weighted by molar-refractivity contribution is 0.242. The standard InChI is InChI=1S/C16H27NO/c1-6-13(4)14(5)17-11-15-8-7-9-16(10-15)18-12(2)3/h7-10,12-14,17H,6,11H2,1-5H3. The predicted molar refractivity (Wildman–Crippen MR) is 78.0 cm³/mol. The maximum atomic E-state index is 5.70. The molecule has 0 aliphatic carbocycles. The summed E-state index contributed by atoms with van der Waals surface area (Å²) in [6.07, 6.45) is 1.44. The lowest BCUT2D eigenvalue weighted by Crippen LogP contribution is -2.31. The Hall–Kier alpha value is -1.02. The van der Waals surface area contributed by atoms with Crippen LogP contribution in [-0.4, -0.2) is 12.1 Å². The first-order valence-corrected chi connectivity index (χ1v) is 7.02. The molecule has 0 aliphatic rings. The second-order valence-corrected chi connectivity index (χ2v) is 5.37. The number of benzene rings is 1. The predicted octanol–water partition coefficient (Wildman–Crippen LogP) is 4.00. The topological polar surface area (TPSA) is 21.3 Å². The van der Waals surface area contributed by atoms with E-state index in [1.165, 1.54) is 12.0 Å². The third kappa shape index (κ3) is 5.09. The first-order chi connectivity index (χ1) is 8.52. The van der Waals surface area contributed by atoms with E-state index in [0.717, 1.165) is 12.3 Å². The van der Waals surface area contributed by atoms with Crippen molar-refractivity contribution in [3.8, 4) is 5.75 Å². The monoisotopic (exact) mass is 249 g/mol. The van der Waals surface area contributed by atoms with Crippen molar-refractivity contribution < 1.29 is 4.74 Å². The Bertz CT molecular complexity index is 349. The van der Waals surface area contributed by atoms with Crippen LogP contribution in [-0.2, 0) is 6.54 Å². The maximum Gasteiger partial charge on any atom is 0.120 e. The van der Waals surface area contributed by atoms with E-state index in [2.05, 4.69) is 58.1 Å². The highest BCUT2D eigenvalue weighted by Crippen LogP contribution is 2.15. The van der Waals surface area contributed by atoms with Crippen LogP contribution in [0.5, 0.6) is 5.75 Å². The average Bonchev–Trinajstić information content (AvgIpc) is 2.34. The molecule has 0 aliphatic heterocycles. The van der Waals surface area contributed by atoms with Crippen molar-refractivity contribution in [1.82, 2.24) is 5.32 Å². The van der Waals surface area contributed by atoms with Gasteiger partial charge in [-0.2, -0.15) is 0 Å². The van der Waals surface area contributed by atoms with Crippen molar-refractivity contribution in [2.45, 2.75) is 59.7 Å². The highest BCUT2D eigenvalue weighted by molar-refractivity contribution is 5.28. The van der Waals surface area contributed by atoms with E-state index >= 15 is 0 Å². The molecule has 0 heterocycles. The molecule has 102 valence electrons. The summed E-state index contributed by atoms with van der Waals surface area (Å²) >= 11 is 0. The Morgan fingerprint density at radius 3 is 2.50 bits per heavy atom. The van der Waals surface area contributed by atoms with Crippen LogP contribution in [0.2, 0.25) is 0 Å². The summed E-state index contributed by atoms with van der Waals surface area (Å²) in [6, 6.07) is 8.88. The molecule has 0 bridgehead atoms. The van der Waals surface area contributed by atoms with E-state index in [1.807, 2.05) is 6.07 Å². The van der Waals surface area contributed by atoms with Gasteiger partial charge in [0.2, 0.25) is 0 Å². The molecule has 0 aromatic heterocycles. The zero-order chi connectivity index (χ0) is 13.5. The van der Waals surface area contributed by atoms with Gasteiger partial charge in [0.1, 0.15) is 5.75 Å². The quantitative estimate of drug-likeness (QED) is 0.788. The van der Waals surface area contributed by atoms with E-state index in [-0.39, 0.29) is 6.10 Å². The number of hydrogen-bond donors (Lipinski definition) is 1. The van der Waals surface area contributed by atoms with Crippen LogP contribution in [0.1, 0.15) is 46.6 Å². The van der Waals surface area contributed by atoms with E-state index in [1.54, 1.807) is 0 Å². The third-order valence-corrected chi connectivity index (χ3v) is 3.40. The highest BCUT2D eigenvalue weighted by Gasteiger charge is 2.09. The molecular weight excluding hydrogens is 222 g/mol. The third-order valence-electron chi connectivity index (χ3n) is 3.40. The summed E-state index contributed by atoms with van der Waals surface area (Å²) in [4.78, 5) is 0. The summed E-state index contributed by atoms with van der Waals surface area (Å²) in [6.45, 7) is 11.8. The average molecular weight is 249 g/mol. The van der Waals surface area contributed by atoms with E-state index in [0.29, 0.717) is 12.0 Å². The van der Waals surface area contributed by atoms with Crippen LogP contribution in [0.25, 0.3) is 0 Å². The first-order valence-electron chi connectivity index (χ1n) is 7.02. The van der Waals surface area contributed by atoms with Crippen molar-refractivity contribution >= 4 is 0 Å². The molecule has 2 nitrogen and oxygen atoms in total. The molecule has 0 saturated carbocycles. The van der Waals surface area contributed by atoms with Crippen molar-refractivity contribution in [2.24, 2.45) is 5.92 Å². The Morgan fingerprint density at radius 1 is 1.17 bits per heavy atom. The summed E-state index contributed by atoms with van der Waals surface area (Å²) in [5.74, 6) is 1.67. The Morgan fingerprint density at radius 2 is 1.89 bits per heavy atom. The van der Waals surface area contributed by atoms with Gasteiger partial charge in [-0.3, -0.25) is 0 Å². The lowest BCUT2D eigenvalue weighted by Gasteiger charge is -2.20. The van der Waals surface area contributed by atoms with Crippen LogP contribution in [0.15, 0.2) is 24.3 Å². The van der Waals surface area contributed by atoms with Crippen LogP contribution in [0, 0.1) is 5.92 Å². The molecule has 2 heteroatoms. The summed E-state index contributed by atoms with van der Waals surface area (Å²) in [5.41, 5.74) is 1.28. The summed E-state index contributed by atoms with van der Waals surface area (Å²) in [7, 11) is 0. The maximum absolute atomic E-state index is 5.70. The molecule has 0 radical (unpaired) electrons. The molecule has 1 aromatic rings. The molecule has 0 saturated heterocycles. The van der Waals surface area contributed by atoms with Gasteiger partial charge in [-0.15, -0.1) is 0 Å². The molecule has 2 unspecified atom stereocenters. The van der Waals surface area contributed by atoms with Gasteiger partial charge < -0.3 is 10.1 Å². The van der Waals surface area contributed by atoms with Crippen molar-refractivity contribution in [2.75, 3.05) is 0 Å². The fourth-order valence-corrected chi connectivity index (χ4v) is 1.83. The van der Waals surface area contributed by atoms with Crippen LogP contribution in [0.4, 0.5) is 0 Å². The minimum atomic E-state index is 0.229. The Balaban J connectivity index is 2.52. The normalized spacial score (nSPS) is 14.6. The van der Waals surface area contributed by atoms with Crippen LogP contribution >= 0.6 is 0 Å². The van der Waals surface area contributed by atoms with E-state index < -0.39 is 0 Å². The summed E-state index contributed by atoms with van der Waals surface area (Å²) in [5, 5.41) is 3.57. The van der Waals surface area contributed by atoms with Gasteiger partial charge >= 0.3 is 0 Å². The van der Waals surface area contributed by atoms with Gasteiger partial charge in [-0.25, -0.2) is 0 Å². The molecular formula is C16H27NO. The lowest BCUT2D eigenvalue weighted by atomic mass is 10.0. The minimum Gasteiger partial charge on any atom is -0.491 e. The fraction of sp³-hybridized carbons (Fsp3) is 0.625. The van der Waals surface area contributed by atoms with Crippen LogP contribution < -0.4 is 10.1 Å². The second-order valence-electron chi connectivity index (χ2n) is 5.37. The van der Waals surface area contributed by atoms with Crippen molar-refractivity contribution in [3.63, 3.8) is 0 Å². The van der Waals surface area contributed by atoms with Crippen molar-refractivity contribution in [1.29, 1.82) is 0 Å². The minimum absolute atomic E-state index is 0.229. The zero-order valence-electron chi connectivity index (χ0n) is 12.4. The molecule has 1 rings (SSSR count). The molecule has 2 atom stereocenters. The number of nitrogens with one attached hydrogen (secondary N) is 1. The highest BCUT2D eigenvalue weighted by atomic mass is 16.5. The molecule has 1 N–H and O–H groups in total. The Kier molecular flexibility index (Phi) is 6.20. The largest absolute Gasteiger partial charge is 0.491 e. The number of hydrogen-bond acceptors (Lipinski definition) is 2. The number of ether oxygens (including phenoxy) is 1. The molecule has 1 aromatic carbocycles. The second kappa shape index (κ2) is 7.42. The first kappa shape index (κ1) is 15.0. The summed E-state index contributed by atoms with van der Waals surface area (Å²) < 4.78 is 5.70. The molecule has 0 amide bonds. The Labute approximate surface area is 112 Å². The molecule has 0 fully saturated rings. The van der Waals surface area contributed by atoms with E-state index in [9.17, 15) is 0 Å². The van der Waals surface area contributed by atoms with Crippen LogP contribution in [0.3, 0.4) is 0 Å². The van der Waals surface area contributed by atoms with Gasteiger partial charge in [0, 0.05) is 12.6 Å². The van der Waals surface area contributed by atoms with Gasteiger partial charge in [0.05, 0.1) is 6.10 Å². The fourth-order valence-electron chi connectivity index (χ4n) is 1.83. The zero-order valence-corrected chi connectivity index (χ0v) is 12.4. The van der Waals surface area contributed by atoms with Gasteiger partial charge in [-0.05, 0) is 44.4 Å². The SMILES string of the molecule is CCC(C)C(C)NCc1cccc(OC(C)C)c1. The van der Waals surface area contributed by atoms with Crippen molar-refractivity contribution in [3.05, 3.63) is 29.8 Å². The smallest absolute Gasteiger partial charge is 0.120 e. The van der Waals surface area contributed by atoms with Gasteiger partial charge in [-0.1, -0.05) is 32.4 Å². The molecule has 0 spiro atoms. The molecule has 18 heavy (non-hydrogen) atoms.